The molecule has 0 fully saturated rings. The molecule has 0 atom stereocenters. The van der Waals surface area contributed by atoms with E-state index in [2.05, 4.69) is 192 Å². The highest BCUT2D eigenvalue weighted by Crippen LogP contribution is 2.47. The number of benzene rings is 10. The zero-order valence-corrected chi connectivity index (χ0v) is 37.2. The summed E-state index contributed by atoms with van der Waals surface area (Å²) >= 11 is 3.66. The second-order valence-corrected chi connectivity index (χ2v) is 19.4. The minimum absolute atomic E-state index is 0.873. The molecular formula is C60H34N2O3S2. The standard InChI is InChI=1S/C60H34N2O3S2/c1-3-11-35(12-4-1)61(37-19-23-43-41-15-7-9-17-51(41)63-53(43)27-37)39-21-25-45-49-31-55-47(33-59(49)66-57(45)29-39)48-34-60-50(32-56(48)65-55)46-26-22-40(30-58(46)67-60)62(36-13-5-2-6-14-36)38-20-24-44-42-16-8-10-18-52(42)64-54(44)28-38/h1-34H. The molecule has 314 valence electrons. The maximum Gasteiger partial charge on any atom is 0.137 e. The number of hydrogen-bond donors (Lipinski definition) is 0. The quantitative estimate of drug-likeness (QED) is 0.166. The van der Waals surface area contributed by atoms with Crippen LogP contribution in [0.4, 0.5) is 34.1 Å². The Hall–Kier alpha value is -8.36. The number of furan rings is 3. The van der Waals surface area contributed by atoms with Crippen molar-refractivity contribution in [3.05, 3.63) is 206 Å². The van der Waals surface area contributed by atoms with Gasteiger partial charge in [0.2, 0.25) is 0 Å². The first-order valence-electron chi connectivity index (χ1n) is 22.4. The molecule has 7 heteroatoms. The van der Waals surface area contributed by atoms with Crippen molar-refractivity contribution < 1.29 is 13.3 Å². The van der Waals surface area contributed by atoms with E-state index in [4.69, 9.17) is 13.3 Å². The number of fused-ring (bicyclic) bond motifs is 15. The fourth-order valence-corrected chi connectivity index (χ4v) is 12.6. The molecule has 0 bridgehead atoms. The molecule has 0 unspecified atom stereocenters. The van der Waals surface area contributed by atoms with E-state index in [9.17, 15) is 0 Å². The van der Waals surface area contributed by atoms with Crippen molar-refractivity contribution in [1.82, 2.24) is 0 Å². The first-order chi connectivity index (χ1) is 33.1. The van der Waals surface area contributed by atoms with Crippen molar-refractivity contribution in [2.45, 2.75) is 0 Å². The van der Waals surface area contributed by atoms with Crippen LogP contribution >= 0.6 is 22.7 Å². The van der Waals surface area contributed by atoms with E-state index >= 15 is 0 Å². The molecule has 0 N–H and O–H groups in total. The molecule has 15 aromatic rings. The van der Waals surface area contributed by atoms with Crippen LogP contribution in [0.5, 0.6) is 0 Å². The first kappa shape index (κ1) is 36.9. The van der Waals surface area contributed by atoms with Crippen molar-refractivity contribution in [2.24, 2.45) is 0 Å². The molecule has 0 saturated carbocycles. The van der Waals surface area contributed by atoms with Crippen LogP contribution in [-0.2, 0) is 0 Å². The molecular weight excluding hydrogens is 861 g/mol. The maximum absolute atomic E-state index is 6.75. The number of rotatable bonds is 6. The van der Waals surface area contributed by atoms with E-state index in [1.54, 1.807) is 0 Å². The Bertz CT molecular complexity index is 4190. The first-order valence-corrected chi connectivity index (χ1v) is 24.0. The van der Waals surface area contributed by atoms with Crippen molar-refractivity contribution in [2.75, 3.05) is 9.80 Å². The Balaban J connectivity index is 0.823. The number of hydrogen-bond acceptors (Lipinski definition) is 7. The molecule has 0 aliphatic carbocycles. The number of thiophene rings is 2. The summed E-state index contributed by atoms with van der Waals surface area (Å²) in [4.78, 5) is 4.63. The second kappa shape index (κ2) is 14.1. The maximum atomic E-state index is 6.75. The van der Waals surface area contributed by atoms with Crippen molar-refractivity contribution >= 4 is 163 Å². The molecule has 5 nitrogen and oxygen atoms in total. The molecule has 0 radical (unpaired) electrons. The average Bonchev–Trinajstić information content (AvgIpc) is 4.19. The summed E-state index contributed by atoms with van der Waals surface area (Å²) in [6.07, 6.45) is 0. The normalized spacial score (nSPS) is 12.2. The zero-order valence-electron chi connectivity index (χ0n) is 35.6. The second-order valence-electron chi connectivity index (χ2n) is 17.3. The third-order valence-electron chi connectivity index (χ3n) is 13.4. The number of anilines is 6. The zero-order chi connectivity index (χ0) is 43.7. The van der Waals surface area contributed by atoms with E-state index in [1.807, 2.05) is 46.9 Å². The summed E-state index contributed by atoms with van der Waals surface area (Å²) < 4.78 is 24.4. The minimum Gasteiger partial charge on any atom is -0.456 e. The SMILES string of the molecule is c1ccc(N(c2ccc3c(c2)oc2ccccc23)c2ccc3c(c2)sc2cc4c(cc23)oc2cc3c(cc24)sc2cc(N(c4ccccc4)c4ccc5c(c4)oc4ccccc45)ccc23)cc1. The molecule has 0 spiro atoms. The van der Waals surface area contributed by atoms with Gasteiger partial charge in [-0.15, -0.1) is 22.7 Å². The van der Waals surface area contributed by atoms with Crippen LogP contribution in [0.25, 0.3) is 106 Å². The fraction of sp³-hybridized carbons (Fsp3) is 0. The van der Waals surface area contributed by atoms with Crippen LogP contribution in [0.2, 0.25) is 0 Å². The lowest BCUT2D eigenvalue weighted by atomic mass is 10.1. The number of nitrogens with zero attached hydrogens (tertiary/aromatic N) is 2. The molecule has 0 amide bonds. The van der Waals surface area contributed by atoms with Gasteiger partial charge in [-0.1, -0.05) is 84.9 Å². The van der Waals surface area contributed by atoms with Gasteiger partial charge in [-0.3, -0.25) is 0 Å². The Morgan fingerprint density at radius 1 is 0.224 bits per heavy atom. The summed E-state index contributed by atoms with van der Waals surface area (Å²) in [5.74, 6) is 0. The van der Waals surface area contributed by atoms with Crippen LogP contribution in [0.3, 0.4) is 0 Å². The number of para-hydroxylation sites is 4. The molecule has 0 saturated heterocycles. The fourth-order valence-electron chi connectivity index (χ4n) is 10.3. The molecule has 0 aliphatic heterocycles. The largest absolute Gasteiger partial charge is 0.456 e. The lowest BCUT2D eigenvalue weighted by molar-refractivity contribution is 0.668. The molecule has 5 heterocycles. The van der Waals surface area contributed by atoms with Gasteiger partial charge in [-0.2, -0.15) is 0 Å². The van der Waals surface area contributed by atoms with E-state index in [0.717, 1.165) is 99.9 Å². The van der Waals surface area contributed by atoms with Crippen molar-refractivity contribution in [3.63, 3.8) is 0 Å². The van der Waals surface area contributed by atoms with Crippen LogP contribution in [-0.4, -0.2) is 0 Å². The Morgan fingerprint density at radius 3 is 1.03 bits per heavy atom. The highest BCUT2D eigenvalue weighted by Gasteiger charge is 2.21. The summed E-state index contributed by atoms with van der Waals surface area (Å²) in [5.41, 5.74) is 11.8. The Morgan fingerprint density at radius 2 is 0.567 bits per heavy atom. The van der Waals surface area contributed by atoms with E-state index < -0.39 is 0 Å². The van der Waals surface area contributed by atoms with Gasteiger partial charge in [-0.25, -0.2) is 0 Å². The summed E-state index contributed by atoms with van der Waals surface area (Å²) in [6, 6.07) is 73.5. The summed E-state index contributed by atoms with van der Waals surface area (Å²) in [7, 11) is 0. The van der Waals surface area contributed by atoms with Crippen LogP contribution in [0, 0.1) is 0 Å². The molecule has 5 aromatic heterocycles. The van der Waals surface area contributed by atoms with Gasteiger partial charge in [-0.05, 0) is 109 Å². The van der Waals surface area contributed by atoms with Gasteiger partial charge in [0.05, 0.1) is 0 Å². The van der Waals surface area contributed by atoms with Crippen molar-refractivity contribution in [1.29, 1.82) is 0 Å². The van der Waals surface area contributed by atoms with Gasteiger partial charge in [0.1, 0.15) is 33.5 Å². The highest BCUT2D eigenvalue weighted by molar-refractivity contribution is 7.26. The Labute approximate surface area is 390 Å². The minimum atomic E-state index is 0.873. The lowest BCUT2D eigenvalue weighted by Crippen LogP contribution is -2.09. The third kappa shape index (κ3) is 5.65. The van der Waals surface area contributed by atoms with E-state index in [-0.39, 0.29) is 0 Å². The van der Waals surface area contributed by atoms with Crippen molar-refractivity contribution in [3.8, 4) is 0 Å². The predicted molar refractivity (Wildman–Crippen MR) is 283 cm³/mol. The van der Waals surface area contributed by atoms with Gasteiger partial charge < -0.3 is 23.1 Å². The van der Waals surface area contributed by atoms with Crippen LogP contribution in [0.15, 0.2) is 220 Å². The van der Waals surface area contributed by atoms with Gasteiger partial charge >= 0.3 is 0 Å². The monoisotopic (exact) mass is 894 g/mol. The molecule has 10 aromatic carbocycles. The van der Waals surface area contributed by atoms with Crippen LogP contribution < -0.4 is 9.80 Å². The van der Waals surface area contributed by atoms with Gasteiger partial charge in [0.15, 0.2) is 0 Å². The highest BCUT2D eigenvalue weighted by atomic mass is 32.1. The van der Waals surface area contributed by atoms with Crippen LogP contribution in [0.1, 0.15) is 0 Å². The van der Waals surface area contributed by atoms with Gasteiger partial charge in [0, 0.05) is 119 Å². The molecule has 0 aliphatic rings. The smallest absolute Gasteiger partial charge is 0.137 e. The summed E-state index contributed by atoms with van der Waals surface area (Å²) in [6.45, 7) is 0. The van der Waals surface area contributed by atoms with Gasteiger partial charge in [0.25, 0.3) is 0 Å². The average molecular weight is 895 g/mol. The van der Waals surface area contributed by atoms with E-state index in [0.29, 0.717) is 0 Å². The molecule has 67 heavy (non-hydrogen) atoms. The topological polar surface area (TPSA) is 45.9 Å². The molecule has 15 rings (SSSR count). The summed E-state index contributed by atoms with van der Waals surface area (Å²) in [5, 5.41) is 11.6. The third-order valence-corrected chi connectivity index (χ3v) is 15.6. The van der Waals surface area contributed by atoms with E-state index in [1.165, 1.54) is 40.3 Å². The Kier molecular flexibility index (Phi) is 7.75. The lowest BCUT2D eigenvalue weighted by Gasteiger charge is -2.25. The predicted octanol–water partition coefficient (Wildman–Crippen LogP) is 19.1.